The molecule has 0 aromatic rings. The van der Waals surface area contributed by atoms with E-state index in [1.165, 1.54) is 0 Å². The monoisotopic (exact) mass is 637 g/mol. The molecule has 0 aromatic carbocycles. The molecule has 0 fully saturated rings. The van der Waals surface area contributed by atoms with E-state index in [9.17, 15) is 19.8 Å². The molecular formula is C22H44IN3O10. The second-order valence-electron chi connectivity index (χ2n) is 7.34. The van der Waals surface area contributed by atoms with Gasteiger partial charge in [-0.05, 0) is 6.42 Å². The standard InChI is InChI=1S/C22H44IN3O10/c23-3-7-31-11-15-35-18-14-34-10-6-26-22(30)21(29)19(27)1-2-20(28)25-5-9-33-13-17-36-16-12-32-8-4-24/h19,21,27,29H,1-18,24H2,(H,25,28)(H,26,30)/t19-,21+/m1/s1. The summed E-state index contributed by atoms with van der Waals surface area (Å²) in [6, 6.07) is 0. The van der Waals surface area contributed by atoms with Crippen LogP contribution in [0.15, 0.2) is 0 Å². The molecule has 0 bridgehead atoms. The summed E-state index contributed by atoms with van der Waals surface area (Å²) in [5.74, 6) is -1.04. The van der Waals surface area contributed by atoms with Gasteiger partial charge in [0, 0.05) is 30.5 Å². The van der Waals surface area contributed by atoms with Crippen molar-refractivity contribution in [1.29, 1.82) is 0 Å². The lowest BCUT2D eigenvalue weighted by atomic mass is 10.1. The average Bonchev–Trinajstić information content (AvgIpc) is 2.88. The molecule has 2 atom stereocenters. The smallest absolute Gasteiger partial charge is 0.251 e. The summed E-state index contributed by atoms with van der Waals surface area (Å²) in [7, 11) is 0. The number of alkyl halides is 1. The lowest BCUT2D eigenvalue weighted by molar-refractivity contribution is -0.136. The average molecular weight is 638 g/mol. The number of hydrogen-bond donors (Lipinski definition) is 5. The van der Waals surface area contributed by atoms with E-state index in [1.807, 2.05) is 0 Å². The van der Waals surface area contributed by atoms with Gasteiger partial charge in [-0.1, -0.05) is 22.6 Å². The number of carbonyl (C=O) groups excluding carboxylic acids is 2. The van der Waals surface area contributed by atoms with E-state index >= 15 is 0 Å². The zero-order valence-electron chi connectivity index (χ0n) is 21.0. The fourth-order valence-electron chi connectivity index (χ4n) is 2.54. The van der Waals surface area contributed by atoms with Gasteiger partial charge in [-0.25, -0.2) is 0 Å². The molecule has 0 aliphatic heterocycles. The number of aliphatic hydroxyl groups is 2. The summed E-state index contributed by atoms with van der Waals surface area (Å²) in [6.07, 6.45) is -3.09. The van der Waals surface area contributed by atoms with Gasteiger partial charge in [-0.15, -0.1) is 0 Å². The zero-order chi connectivity index (χ0) is 26.7. The van der Waals surface area contributed by atoms with E-state index in [1.54, 1.807) is 0 Å². The van der Waals surface area contributed by atoms with E-state index in [-0.39, 0.29) is 31.9 Å². The van der Waals surface area contributed by atoms with Crippen molar-refractivity contribution < 1.29 is 48.2 Å². The highest BCUT2D eigenvalue weighted by atomic mass is 127. The van der Waals surface area contributed by atoms with Gasteiger partial charge in [-0.2, -0.15) is 0 Å². The number of amides is 2. The highest BCUT2D eigenvalue weighted by molar-refractivity contribution is 14.1. The van der Waals surface area contributed by atoms with Crippen LogP contribution in [-0.2, 0) is 38.0 Å². The molecule has 0 aliphatic carbocycles. The Balaban J connectivity index is 3.59. The first-order valence-corrected chi connectivity index (χ1v) is 13.7. The van der Waals surface area contributed by atoms with E-state index in [0.717, 1.165) is 4.43 Å². The van der Waals surface area contributed by atoms with Crippen LogP contribution in [0, 0.1) is 0 Å². The number of hydrogen-bond acceptors (Lipinski definition) is 11. The number of rotatable bonds is 27. The van der Waals surface area contributed by atoms with Crippen molar-refractivity contribution in [3.63, 3.8) is 0 Å². The molecule has 0 aliphatic rings. The van der Waals surface area contributed by atoms with E-state index < -0.39 is 18.1 Å². The molecule has 6 N–H and O–H groups in total. The van der Waals surface area contributed by atoms with Gasteiger partial charge in [0.15, 0.2) is 6.10 Å². The lowest BCUT2D eigenvalue weighted by Gasteiger charge is -2.17. The highest BCUT2D eigenvalue weighted by Crippen LogP contribution is 2.03. The number of aliphatic hydroxyl groups excluding tert-OH is 2. The van der Waals surface area contributed by atoms with Crippen LogP contribution in [0.25, 0.3) is 0 Å². The molecule has 0 saturated carbocycles. The summed E-state index contributed by atoms with van der Waals surface area (Å²) >= 11 is 2.23. The van der Waals surface area contributed by atoms with Crippen LogP contribution in [0.3, 0.4) is 0 Å². The molecule has 214 valence electrons. The minimum Gasteiger partial charge on any atom is -0.390 e. The molecular weight excluding hydrogens is 593 g/mol. The predicted molar refractivity (Wildman–Crippen MR) is 140 cm³/mol. The Morgan fingerprint density at radius 3 is 1.64 bits per heavy atom. The Kier molecular flexibility index (Phi) is 26.8. The molecule has 0 radical (unpaired) electrons. The van der Waals surface area contributed by atoms with E-state index in [2.05, 4.69) is 33.2 Å². The van der Waals surface area contributed by atoms with Crippen LogP contribution < -0.4 is 16.4 Å². The molecule has 2 amide bonds. The van der Waals surface area contributed by atoms with Crippen LogP contribution in [0.4, 0.5) is 0 Å². The second kappa shape index (κ2) is 27.3. The fraction of sp³-hybridized carbons (Fsp3) is 0.909. The molecule has 13 nitrogen and oxygen atoms in total. The maximum absolute atomic E-state index is 11.9. The largest absolute Gasteiger partial charge is 0.390 e. The van der Waals surface area contributed by atoms with E-state index in [0.29, 0.717) is 85.8 Å². The molecule has 0 rings (SSSR count). The molecule has 0 spiro atoms. The van der Waals surface area contributed by atoms with E-state index in [4.69, 9.17) is 34.2 Å². The summed E-state index contributed by atoms with van der Waals surface area (Å²) in [5, 5.41) is 25.0. The SMILES string of the molecule is NCCOCCOCCOCCNC(=O)CC[C@@H](O)[C@H](O)C(=O)NCCOCCOCCOCCI. The lowest BCUT2D eigenvalue weighted by Crippen LogP contribution is -2.43. The third-order valence-corrected chi connectivity index (χ3v) is 4.83. The number of carbonyl (C=O) groups is 2. The first-order chi connectivity index (χ1) is 17.5. The fourth-order valence-corrected chi connectivity index (χ4v) is 2.85. The van der Waals surface area contributed by atoms with Crippen molar-refractivity contribution in [2.75, 3.05) is 103 Å². The molecule has 0 saturated heterocycles. The van der Waals surface area contributed by atoms with Crippen LogP contribution in [0.1, 0.15) is 12.8 Å². The summed E-state index contributed by atoms with van der Waals surface area (Å²) in [6.45, 7) is 6.28. The molecule has 36 heavy (non-hydrogen) atoms. The van der Waals surface area contributed by atoms with Gasteiger partial charge in [0.05, 0.1) is 85.4 Å². The summed E-state index contributed by atoms with van der Waals surface area (Å²) in [5.41, 5.74) is 5.30. The molecule has 14 heteroatoms. The first-order valence-electron chi connectivity index (χ1n) is 12.2. The van der Waals surface area contributed by atoms with Gasteiger partial charge in [0.25, 0.3) is 5.91 Å². The van der Waals surface area contributed by atoms with Crippen molar-refractivity contribution in [2.45, 2.75) is 25.0 Å². The third kappa shape index (κ3) is 23.7. The van der Waals surface area contributed by atoms with Crippen molar-refractivity contribution in [1.82, 2.24) is 10.6 Å². The molecule has 0 unspecified atom stereocenters. The van der Waals surface area contributed by atoms with Crippen LogP contribution in [0.2, 0.25) is 0 Å². The Bertz CT molecular complexity index is 522. The quantitative estimate of drug-likeness (QED) is 0.0390. The van der Waals surface area contributed by atoms with Crippen LogP contribution >= 0.6 is 22.6 Å². The van der Waals surface area contributed by atoms with Gasteiger partial charge in [0.2, 0.25) is 5.91 Å². The first kappa shape index (κ1) is 35.3. The minimum atomic E-state index is -1.63. The highest BCUT2D eigenvalue weighted by Gasteiger charge is 2.24. The number of nitrogens with one attached hydrogen (secondary N) is 2. The van der Waals surface area contributed by atoms with Gasteiger partial charge in [0.1, 0.15) is 0 Å². The maximum Gasteiger partial charge on any atom is 0.251 e. The second-order valence-corrected chi connectivity index (χ2v) is 8.42. The zero-order valence-corrected chi connectivity index (χ0v) is 23.2. The van der Waals surface area contributed by atoms with Crippen molar-refractivity contribution >= 4 is 34.4 Å². The van der Waals surface area contributed by atoms with Gasteiger partial charge < -0.3 is 55.0 Å². The third-order valence-electron chi connectivity index (χ3n) is 4.39. The van der Waals surface area contributed by atoms with Crippen LogP contribution in [-0.4, -0.2) is 138 Å². The Morgan fingerprint density at radius 2 is 1.14 bits per heavy atom. The van der Waals surface area contributed by atoms with Crippen molar-refractivity contribution in [3.05, 3.63) is 0 Å². The van der Waals surface area contributed by atoms with Crippen LogP contribution in [0.5, 0.6) is 0 Å². The minimum absolute atomic E-state index is 0.0381. The summed E-state index contributed by atoms with van der Waals surface area (Å²) < 4.78 is 32.7. The predicted octanol–water partition coefficient (Wildman–Crippen LogP) is -1.79. The summed E-state index contributed by atoms with van der Waals surface area (Å²) in [4.78, 5) is 23.8. The Hall–Kier alpha value is -0.690. The maximum atomic E-state index is 11.9. The Morgan fingerprint density at radius 1 is 0.694 bits per heavy atom. The number of ether oxygens (including phenoxy) is 6. The van der Waals surface area contributed by atoms with Crippen molar-refractivity contribution in [2.24, 2.45) is 5.73 Å². The van der Waals surface area contributed by atoms with Gasteiger partial charge in [-0.3, -0.25) is 9.59 Å². The normalized spacial score (nSPS) is 12.9. The van der Waals surface area contributed by atoms with Gasteiger partial charge >= 0.3 is 0 Å². The number of nitrogens with two attached hydrogens (primary N) is 1. The van der Waals surface area contributed by atoms with Crippen molar-refractivity contribution in [3.8, 4) is 0 Å². The number of halogens is 1. The topological polar surface area (TPSA) is 180 Å². The molecule has 0 heterocycles. The Labute approximate surface area is 227 Å². The molecule has 0 aromatic heterocycles.